The molecule has 5 heteroatoms. The summed E-state index contributed by atoms with van der Waals surface area (Å²) in [7, 11) is 0. The van der Waals surface area contributed by atoms with Gasteiger partial charge in [-0.25, -0.2) is 9.97 Å². The predicted molar refractivity (Wildman–Crippen MR) is 76.0 cm³/mol. The van der Waals surface area contributed by atoms with Crippen molar-refractivity contribution in [1.82, 2.24) is 14.5 Å². The largest absolute Gasteiger partial charge is 0.350 e. The standard InChI is InChI=1S/C13H20N4S/c1-9(2)6-17-7-10(3)15-13(17)14-5-12-8-18-11(4)16-12/h7-9H,5-6H2,1-4H3,(H,14,15). The minimum atomic E-state index is 0.612. The number of imidazole rings is 1. The first-order chi connectivity index (χ1) is 8.54. The molecule has 0 spiro atoms. The Balaban J connectivity index is 2.04. The highest BCUT2D eigenvalue weighted by atomic mass is 32.1. The fourth-order valence-corrected chi connectivity index (χ4v) is 2.49. The highest BCUT2D eigenvalue weighted by molar-refractivity contribution is 7.09. The number of hydrogen-bond donors (Lipinski definition) is 1. The van der Waals surface area contributed by atoms with Crippen molar-refractivity contribution in [2.45, 2.75) is 40.8 Å². The lowest BCUT2D eigenvalue weighted by Gasteiger charge is -2.10. The summed E-state index contributed by atoms with van der Waals surface area (Å²) >= 11 is 1.68. The van der Waals surface area contributed by atoms with Gasteiger partial charge in [0.25, 0.3) is 0 Å². The molecule has 18 heavy (non-hydrogen) atoms. The van der Waals surface area contributed by atoms with Crippen LogP contribution in [-0.2, 0) is 13.1 Å². The van der Waals surface area contributed by atoms with Crippen LogP contribution in [0.15, 0.2) is 11.6 Å². The zero-order valence-electron chi connectivity index (χ0n) is 11.4. The van der Waals surface area contributed by atoms with Crippen LogP contribution >= 0.6 is 11.3 Å². The number of thiazole rings is 1. The molecule has 0 aliphatic rings. The van der Waals surface area contributed by atoms with E-state index in [2.05, 4.69) is 45.3 Å². The molecular weight excluding hydrogens is 244 g/mol. The lowest BCUT2D eigenvalue weighted by Crippen LogP contribution is -2.10. The summed E-state index contributed by atoms with van der Waals surface area (Å²) < 4.78 is 2.18. The fourth-order valence-electron chi connectivity index (χ4n) is 1.88. The Morgan fingerprint density at radius 1 is 1.33 bits per heavy atom. The summed E-state index contributed by atoms with van der Waals surface area (Å²) in [4.78, 5) is 8.96. The normalized spacial score (nSPS) is 11.2. The molecule has 0 unspecified atom stereocenters. The number of nitrogens with one attached hydrogen (secondary N) is 1. The fraction of sp³-hybridized carbons (Fsp3) is 0.538. The molecule has 0 atom stereocenters. The van der Waals surface area contributed by atoms with Crippen molar-refractivity contribution in [2.75, 3.05) is 5.32 Å². The highest BCUT2D eigenvalue weighted by Crippen LogP contribution is 2.14. The molecule has 0 bridgehead atoms. The van der Waals surface area contributed by atoms with Crippen molar-refractivity contribution < 1.29 is 0 Å². The molecule has 0 saturated heterocycles. The smallest absolute Gasteiger partial charge is 0.203 e. The van der Waals surface area contributed by atoms with Gasteiger partial charge in [0.1, 0.15) is 0 Å². The molecule has 0 saturated carbocycles. The number of hydrogen-bond acceptors (Lipinski definition) is 4. The molecule has 1 N–H and O–H groups in total. The van der Waals surface area contributed by atoms with E-state index in [1.54, 1.807) is 11.3 Å². The van der Waals surface area contributed by atoms with Crippen LogP contribution in [0, 0.1) is 19.8 Å². The van der Waals surface area contributed by atoms with Crippen LogP contribution in [0.5, 0.6) is 0 Å². The summed E-state index contributed by atoms with van der Waals surface area (Å²) in [6.07, 6.45) is 2.09. The lowest BCUT2D eigenvalue weighted by molar-refractivity contribution is 0.526. The average Bonchev–Trinajstić information content (AvgIpc) is 2.82. The van der Waals surface area contributed by atoms with Gasteiger partial charge in [-0.3, -0.25) is 0 Å². The third kappa shape index (κ3) is 3.32. The van der Waals surface area contributed by atoms with Crippen LogP contribution in [0.2, 0.25) is 0 Å². The molecule has 2 heterocycles. The van der Waals surface area contributed by atoms with Gasteiger partial charge in [-0.05, 0) is 19.8 Å². The number of nitrogens with zero attached hydrogens (tertiary/aromatic N) is 3. The van der Waals surface area contributed by atoms with E-state index in [1.807, 2.05) is 13.8 Å². The molecule has 0 amide bonds. The van der Waals surface area contributed by atoms with E-state index in [-0.39, 0.29) is 0 Å². The van der Waals surface area contributed by atoms with Gasteiger partial charge in [-0.2, -0.15) is 0 Å². The summed E-state index contributed by atoms with van der Waals surface area (Å²) in [6, 6.07) is 0. The van der Waals surface area contributed by atoms with Gasteiger partial charge in [-0.15, -0.1) is 11.3 Å². The Kier molecular flexibility index (Phi) is 4.01. The SMILES string of the molecule is Cc1cn(CC(C)C)c(NCc2csc(C)n2)n1. The van der Waals surface area contributed by atoms with Crippen LogP contribution in [0.4, 0.5) is 5.95 Å². The quantitative estimate of drug-likeness (QED) is 0.901. The second-order valence-electron chi connectivity index (χ2n) is 4.96. The predicted octanol–water partition coefficient (Wildman–Crippen LogP) is 3.22. The average molecular weight is 264 g/mol. The summed E-state index contributed by atoms with van der Waals surface area (Å²) in [5.41, 5.74) is 2.13. The Morgan fingerprint density at radius 2 is 2.11 bits per heavy atom. The van der Waals surface area contributed by atoms with Crippen molar-refractivity contribution in [3.8, 4) is 0 Å². The summed E-state index contributed by atoms with van der Waals surface area (Å²) in [5, 5.41) is 6.56. The Hall–Kier alpha value is -1.36. The third-order valence-electron chi connectivity index (χ3n) is 2.55. The topological polar surface area (TPSA) is 42.7 Å². The minimum Gasteiger partial charge on any atom is -0.350 e. The van der Waals surface area contributed by atoms with Crippen molar-refractivity contribution in [1.29, 1.82) is 0 Å². The molecule has 0 radical (unpaired) electrons. The highest BCUT2D eigenvalue weighted by Gasteiger charge is 2.07. The van der Waals surface area contributed by atoms with Crippen LogP contribution in [0.3, 0.4) is 0 Å². The Morgan fingerprint density at radius 3 is 2.72 bits per heavy atom. The van der Waals surface area contributed by atoms with E-state index in [9.17, 15) is 0 Å². The second kappa shape index (κ2) is 5.52. The first-order valence-electron chi connectivity index (χ1n) is 6.23. The zero-order chi connectivity index (χ0) is 13.1. The monoisotopic (exact) mass is 264 g/mol. The van der Waals surface area contributed by atoms with Crippen molar-refractivity contribution >= 4 is 17.3 Å². The minimum absolute atomic E-state index is 0.612. The molecular formula is C13H20N4S. The summed E-state index contributed by atoms with van der Waals surface area (Å²) in [6.45, 7) is 10.2. The molecule has 98 valence electrons. The van der Waals surface area contributed by atoms with Gasteiger partial charge in [0.2, 0.25) is 5.95 Å². The maximum absolute atomic E-state index is 4.51. The maximum Gasteiger partial charge on any atom is 0.203 e. The van der Waals surface area contributed by atoms with E-state index in [0.29, 0.717) is 5.92 Å². The number of aromatic nitrogens is 3. The van der Waals surface area contributed by atoms with Crippen LogP contribution in [0.25, 0.3) is 0 Å². The zero-order valence-corrected chi connectivity index (χ0v) is 12.2. The molecule has 0 aromatic carbocycles. The number of rotatable bonds is 5. The molecule has 4 nitrogen and oxygen atoms in total. The third-order valence-corrected chi connectivity index (χ3v) is 3.38. The van der Waals surface area contributed by atoms with E-state index in [0.717, 1.165) is 35.4 Å². The van der Waals surface area contributed by atoms with Gasteiger partial charge < -0.3 is 9.88 Å². The van der Waals surface area contributed by atoms with Gasteiger partial charge in [0, 0.05) is 18.1 Å². The van der Waals surface area contributed by atoms with Gasteiger partial charge >= 0.3 is 0 Å². The second-order valence-corrected chi connectivity index (χ2v) is 6.03. The Bertz CT molecular complexity index is 513. The van der Waals surface area contributed by atoms with E-state index < -0.39 is 0 Å². The maximum atomic E-state index is 4.51. The molecule has 0 aliphatic heterocycles. The van der Waals surface area contributed by atoms with E-state index >= 15 is 0 Å². The summed E-state index contributed by atoms with van der Waals surface area (Å²) in [5.74, 6) is 1.55. The molecule has 2 aromatic heterocycles. The van der Waals surface area contributed by atoms with Gasteiger partial charge in [0.15, 0.2) is 0 Å². The van der Waals surface area contributed by atoms with Crippen molar-refractivity contribution in [3.05, 3.63) is 28.0 Å². The Labute approximate surface area is 112 Å². The number of aryl methyl sites for hydroxylation is 2. The van der Waals surface area contributed by atoms with E-state index in [1.165, 1.54) is 0 Å². The van der Waals surface area contributed by atoms with Crippen LogP contribution < -0.4 is 5.32 Å². The van der Waals surface area contributed by atoms with Crippen molar-refractivity contribution in [2.24, 2.45) is 5.92 Å². The molecule has 2 rings (SSSR count). The molecule has 2 aromatic rings. The molecule has 0 fully saturated rings. The molecule has 0 aliphatic carbocycles. The number of anilines is 1. The lowest BCUT2D eigenvalue weighted by atomic mass is 10.2. The van der Waals surface area contributed by atoms with Crippen LogP contribution in [0.1, 0.15) is 30.2 Å². The first-order valence-corrected chi connectivity index (χ1v) is 7.11. The first kappa shape index (κ1) is 13.1. The van der Waals surface area contributed by atoms with E-state index in [4.69, 9.17) is 0 Å². The van der Waals surface area contributed by atoms with Crippen molar-refractivity contribution in [3.63, 3.8) is 0 Å². The van der Waals surface area contributed by atoms with Gasteiger partial charge in [0.05, 0.1) is 22.9 Å². The van der Waals surface area contributed by atoms with Gasteiger partial charge in [-0.1, -0.05) is 13.8 Å². The van der Waals surface area contributed by atoms with Crippen LogP contribution in [-0.4, -0.2) is 14.5 Å².